The maximum atomic E-state index is 9.47. The number of aryl methyl sites for hydroxylation is 1. The van der Waals surface area contributed by atoms with E-state index in [9.17, 15) is 5.11 Å². The van der Waals surface area contributed by atoms with Crippen molar-refractivity contribution in [1.82, 2.24) is 0 Å². The van der Waals surface area contributed by atoms with Crippen molar-refractivity contribution in [2.24, 2.45) is 0 Å². The van der Waals surface area contributed by atoms with Crippen LogP contribution >= 0.6 is 0 Å². The lowest BCUT2D eigenvalue weighted by Gasteiger charge is -2.05. The molecule has 94 valence electrons. The molecule has 0 unspecified atom stereocenters. The molecule has 0 aliphatic heterocycles. The van der Waals surface area contributed by atoms with E-state index < -0.39 is 0 Å². The molecule has 0 saturated heterocycles. The number of hydrogen-bond donors (Lipinski definition) is 1. The average Bonchev–Trinajstić information content (AvgIpc) is 2.42. The Kier molecular flexibility index (Phi) is 2.92. The van der Waals surface area contributed by atoms with E-state index in [-0.39, 0.29) is 0 Å². The Morgan fingerprint density at radius 2 is 1.79 bits per heavy atom. The lowest BCUT2D eigenvalue weighted by molar-refractivity contribution is -0.662. The van der Waals surface area contributed by atoms with Gasteiger partial charge in [-0.25, -0.2) is 0 Å². The first kappa shape index (κ1) is 11.7. The first-order valence-corrected chi connectivity index (χ1v) is 6.40. The highest BCUT2D eigenvalue weighted by Gasteiger charge is 2.10. The molecule has 3 rings (SSSR count). The van der Waals surface area contributed by atoms with E-state index in [1.54, 1.807) is 12.1 Å². The number of phenols is 1. The topological polar surface area (TPSA) is 24.1 Å². The van der Waals surface area contributed by atoms with Crippen molar-refractivity contribution in [3.05, 3.63) is 71.9 Å². The number of aromatic hydroxyl groups is 1. The summed E-state index contributed by atoms with van der Waals surface area (Å²) in [4.78, 5) is 0. The number of aromatic nitrogens is 1. The fraction of sp³-hybridized carbons (Fsp3) is 0.118. The van der Waals surface area contributed by atoms with Crippen molar-refractivity contribution in [3.63, 3.8) is 0 Å². The molecule has 0 atom stereocenters. The monoisotopic (exact) mass is 250 g/mol. The van der Waals surface area contributed by atoms with E-state index in [4.69, 9.17) is 0 Å². The third kappa shape index (κ3) is 2.29. The van der Waals surface area contributed by atoms with Crippen molar-refractivity contribution in [2.45, 2.75) is 13.5 Å². The molecule has 0 aliphatic rings. The first-order valence-electron chi connectivity index (χ1n) is 6.40. The SMILES string of the molecule is Cc1cc(O)ccc1C[n+]1cccc2ccccc21. The zero-order valence-electron chi connectivity index (χ0n) is 10.9. The third-order valence-corrected chi connectivity index (χ3v) is 3.45. The van der Waals surface area contributed by atoms with Gasteiger partial charge in [0.1, 0.15) is 5.75 Å². The van der Waals surface area contributed by atoms with E-state index >= 15 is 0 Å². The second-order valence-corrected chi connectivity index (χ2v) is 4.81. The Hall–Kier alpha value is -2.35. The van der Waals surface area contributed by atoms with E-state index in [0.29, 0.717) is 5.75 Å². The molecule has 2 heteroatoms. The Bertz CT molecular complexity index is 729. The van der Waals surface area contributed by atoms with Crippen LogP contribution in [-0.2, 0) is 6.54 Å². The van der Waals surface area contributed by atoms with E-state index in [1.165, 1.54) is 16.5 Å². The van der Waals surface area contributed by atoms with Crippen LogP contribution in [0.1, 0.15) is 11.1 Å². The molecule has 1 aromatic heterocycles. The fourth-order valence-corrected chi connectivity index (χ4v) is 2.40. The van der Waals surface area contributed by atoms with Crippen LogP contribution in [0.25, 0.3) is 10.9 Å². The summed E-state index contributed by atoms with van der Waals surface area (Å²) in [6, 6.07) is 18.1. The van der Waals surface area contributed by atoms with Gasteiger partial charge in [-0.15, -0.1) is 0 Å². The molecule has 0 bridgehead atoms. The Balaban J connectivity index is 2.06. The Morgan fingerprint density at radius 1 is 1.00 bits per heavy atom. The molecule has 19 heavy (non-hydrogen) atoms. The first-order chi connectivity index (χ1) is 9.24. The minimum Gasteiger partial charge on any atom is -0.508 e. The van der Waals surface area contributed by atoms with Gasteiger partial charge < -0.3 is 5.11 Å². The molecule has 1 N–H and O–H groups in total. The molecule has 2 aromatic carbocycles. The molecule has 1 heterocycles. The minimum atomic E-state index is 0.323. The molecule has 0 aliphatic carbocycles. The van der Waals surface area contributed by atoms with Crippen molar-refractivity contribution >= 4 is 10.9 Å². The number of rotatable bonds is 2. The van der Waals surface area contributed by atoms with Gasteiger partial charge >= 0.3 is 0 Å². The quantitative estimate of drug-likeness (QED) is 0.694. The average molecular weight is 250 g/mol. The van der Waals surface area contributed by atoms with Gasteiger partial charge in [0, 0.05) is 23.1 Å². The van der Waals surface area contributed by atoms with Crippen LogP contribution < -0.4 is 4.57 Å². The van der Waals surface area contributed by atoms with Gasteiger partial charge in [-0.1, -0.05) is 12.1 Å². The smallest absolute Gasteiger partial charge is 0.212 e. The zero-order valence-corrected chi connectivity index (χ0v) is 10.9. The third-order valence-electron chi connectivity index (χ3n) is 3.45. The highest BCUT2D eigenvalue weighted by molar-refractivity contribution is 5.74. The highest BCUT2D eigenvalue weighted by atomic mass is 16.3. The Labute approximate surface area is 112 Å². The van der Waals surface area contributed by atoms with Crippen LogP contribution in [0.2, 0.25) is 0 Å². The molecule has 2 nitrogen and oxygen atoms in total. The van der Waals surface area contributed by atoms with Gasteiger partial charge in [-0.2, -0.15) is 4.57 Å². The maximum absolute atomic E-state index is 9.47. The Morgan fingerprint density at radius 3 is 2.63 bits per heavy atom. The van der Waals surface area contributed by atoms with Crippen molar-refractivity contribution in [3.8, 4) is 5.75 Å². The predicted octanol–water partition coefficient (Wildman–Crippen LogP) is 3.19. The van der Waals surface area contributed by atoms with Crippen LogP contribution in [-0.4, -0.2) is 5.11 Å². The summed E-state index contributed by atoms with van der Waals surface area (Å²) in [6.07, 6.45) is 2.09. The van der Waals surface area contributed by atoms with E-state index in [1.807, 2.05) is 13.0 Å². The molecular formula is C17H16NO+. The number of phenolic OH excluding ortho intramolecular Hbond substituents is 1. The lowest BCUT2D eigenvalue weighted by atomic mass is 10.1. The van der Waals surface area contributed by atoms with Crippen molar-refractivity contribution < 1.29 is 9.67 Å². The number of pyridine rings is 1. The largest absolute Gasteiger partial charge is 0.508 e. The van der Waals surface area contributed by atoms with E-state index in [0.717, 1.165) is 12.1 Å². The molecule has 0 radical (unpaired) electrons. The number of nitrogens with zero attached hydrogens (tertiary/aromatic N) is 1. The van der Waals surface area contributed by atoms with Gasteiger partial charge in [-0.05, 0) is 42.8 Å². The predicted molar refractivity (Wildman–Crippen MR) is 76.1 cm³/mol. The van der Waals surface area contributed by atoms with Crippen LogP contribution in [0.3, 0.4) is 0 Å². The van der Waals surface area contributed by atoms with Gasteiger partial charge in [-0.3, -0.25) is 0 Å². The standard InChI is InChI=1S/C17H15NO/c1-13-11-16(19)9-8-15(13)12-18-10-4-6-14-5-2-3-7-17(14)18/h2-11H,12H2,1H3/p+1. The number of fused-ring (bicyclic) bond motifs is 1. The van der Waals surface area contributed by atoms with Gasteiger partial charge in [0.15, 0.2) is 12.7 Å². The molecule has 0 amide bonds. The number of benzene rings is 2. The second-order valence-electron chi connectivity index (χ2n) is 4.81. The summed E-state index contributed by atoms with van der Waals surface area (Å²) in [5.74, 6) is 0.323. The van der Waals surface area contributed by atoms with Crippen LogP contribution in [0, 0.1) is 6.92 Å². The van der Waals surface area contributed by atoms with E-state index in [2.05, 4.69) is 47.2 Å². The summed E-state index contributed by atoms with van der Waals surface area (Å²) < 4.78 is 2.23. The number of para-hydroxylation sites is 1. The normalized spacial score (nSPS) is 10.8. The zero-order chi connectivity index (χ0) is 13.2. The summed E-state index contributed by atoms with van der Waals surface area (Å²) >= 11 is 0. The van der Waals surface area contributed by atoms with Crippen LogP contribution in [0.4, 0.5) is 0 Å². The summed E-state index contributed by atoms with van der Waals surface area (Å²) in [5.41, 5.74) is 3.55. The molecule has 0 fully saturated rings. The summed E-state index contributed by atoms with van der Waals surface area (Å²) in [5, 5.41) is 10.7. The van der Waals surface area contributed by atoms with Crippen molar-refractivity contribution in [2.75, 3.05) is 0 Å². The molecular weight excluding hydrogens is 234 g/mol. The van der Waals surface area contributed by atoms with Crippen molar-refractivity contribution in [1.29, 1.82) is 0 Å². The van der Waals surface area contributed by atoms with Gasteiger partial charge in [0.2, 0.25) is 5.52 Å². The molecule has 0 saturated carbocycles. The fourth-order valence-electron chi connectivity index (χ4n) is 2.40. The minimum absolute atomic E-state index is 0.323. The highest BCUT2D eigenvalue weighted by Crippen LogP contribution is 2.16. The number of hydrogen-bond acceptors (Lipinski definition) is 1. The summed E-state index contributed by atoms with van der Waals surface area (Å²) in [7, 11) is 0. The second kappa shape index (κ2) is 4.73. The van der Waals surface area contributed by atoms with Crippen LogP contribution in [0.5, 0.6) is 5.75 Å². The maximum Gasteiger partial charge on any atom is 0.212 e. The van der Waals surface area contributed by atoms with Gasteiger partial charge in [0.05, 0.1) is 0 Å². The lowest BCUT2D eigenvalue weighted by Crippen LogP contribution is -2.34. The van der Waals surface area contributed by atoms with Gasteiger partial charge in [0.25, 0.3) is 0 Å². The van der Waals surface area contributed by atoms with Crippen LogP contribution in [0.15, 0.2) is 60.8 Å². The molecule has 3 aromatic rings. The summed E-state index contributed by atoms with van der Waals surface area (Å²) in [6.45, 7) is 2.84. The molecule has 0 spiro atoms.